The molecule has 78 valence electrons. The van der Waals surface area contributed by atoms with Crippen LogP contribution < -0.4 is 0 Å². The van der Waals surface area contributed by atoms with Gasteiger partial charge in [-0.3, -0.25) is 4.79 Å². The van der Waals surface area contributed by atoms with Crippen LogP contribution in [0.1, 0.15) is 5.69 Å². The highest BCUT2D eigenvalue weighted by molar-refractivity contribution is 7.13. The number of hydrogen-bond donors (Lipinski definition) is 2. The molecule has 4 nitrogen and oxygen atoms in total. The van der Waals surface area contributed by atoms with Crippen LogP contribution in [0.25, 0.3) is 10.7 Å². The smallest absolute Gasteiger partial charge is 0.309 e. The summed E-state index contributed by atoms with van der Waals surface area (Å²) in [5.74, 6) is -0.315. The van der Waals surface area contributed by atoms with Crippen LogP contribution in [0.2, 0.25) is 5.15 Å². The number of aromatic amines is 1. The number of carbonyl (C=O) groups is 1. The Morgan fingerprint density at radius 1 is 1.67 bits per heavy atom. The van der Waals surface area contributed by atoms with Crippen LogP contribution in [-0.2, 0) is 11.2 Å². The van der Waals surface area contributed by atoms with Crippen LogP contribution >= 0.6 is 22.9 Å². The molecule has 0 atom stereocenters. The largest absolute Gasteiger partial charge is 0.481 e. The van der Waals surface area contributed by atoms with E-state index in [0.717, 1.165) is 4.88 Å². The van der Waals surface area contributed by atoms with E-state index in [1.807, 2.05) is 17.5 Å². The molecule has 2 heterocycles. The third-order valence-corrected chi connectivity index (χ3v) is 3.00. The van der Waals surface area contributed by atoms with Crippen LogP contribution in [0.5, 0.6) is 0 Å². The number of rotatable bonds is 3. The number of halogens is 1. The van der Waals surface area contributed by atoms with E-state index >= 15 is 0 Å². The summed E-state index contributed by atoms with van der Waals surface area (Å²) in [5, 5.41) is 10.8. The Hall–Kier alpha value is -1.33. The van der Waals surface area contributed by atoms with Crippen LogP contribution in [0.4, 0.5) is 0 Å². The molecular weight excluding hydrogens is 236 g/mol. The summed E-state index contributed by atoms with van der Waals surface area (Å²) < 4.78 is 0. The Kier molecular flexibility index (Phi) is 2.75. The van der Waals surface area contributed by atoms with E-state index in [9.17, 15) is 4.79 Å². The van der Waals surface area contributed by atoms with E-state index < -0.39 is 5.97 Å². The number of aromatic nitrogens is 2. The normalized spacial score (nSPS) is 10.5. The fourth-order valence-corrected chi connectivity index (χ4v) is 2.05. The van der Waals surface area contributed by atoms with Gasteiger partial charge in [0, 0.05) is 0 Å². The zero-order chi connectivity index (χ0) is 10.8. The zero-order valence-corrected chi connectivity index (χ0v) is 9.10. The van der Waals surface area contributed by atoms with E-state index in [1.54, 1.807) is 0 Å². The minimum atomic E-state index is -0.932. The van der Waals surface area contributed by atoms with Crippen molar-refractivity contribution in [2.24, 2.45) is 0 Å². The molecule has 0 fully saturated rings. The highest BCUT2D eigenvalue weighted by Gasteiger charge is 2.12. The van der Waals surface area contributed by atoms with Gasteiger partial charge in [-0.2, -0.15) is 0 Å². The molecule has 2 aromatic rings. The minimum absolute atomic E-state index is 0.142. The van der Waals surface area contributed by atoms with E-state index in [1.165, 1.54) is 11.3 Å². The predicted octanol–water partition coefficient (Wildman–Crippen LogP) is 2.42. The maximum atomic E-state index is 10.5. The van der Waals surface area contributed by atoms with Gasteiger partial charge in [-0.25, -0.2) is 4.98 Å². The highest BCUT2D eigenvalue weighted by atomic mass is 35.5. The van der Waals surface area contributed by atoms with Crippen LogP contribution in [0, 0.1) is 0 Å². The molecule has 2 aromatic heterocycles. The van der Waals surface area contributed by atoms with Gasteiger partial charge in [0.05, 0.1) is 17.0 Å². The lowest BCUT2D eigenvalue weighted by Gasteiger charge is -1.90. The first-order chi connectivity index (χ1) is 7.16. The first-order valence-corrected chi connectivity index (χ1v) is 5.42. The molecule has 0 aromatic carbocycles. The fraction of sp³-hybridized carbons (Fsp3) is 0.111. The molecule has 2 N–H and O–H groups in total. The first kappa shape index (κ1) is 10.2. The van der Waals surface area contributed by atoms with Crippen molar-refractivity contribution in [3.8, 4) is 10.7 Å². The van der Waals surface area contributed by atoms with Crippen molar-refractivity contribution < 1.29 is 9.90 Å². The Balaban J connectivity index is 2.33. The number of H-pyrrole nitrogens is 1. The predicted molar refractivity (Wildman–Crippen MR) is 58.3 cm³/mol. The maximum Gasteiger partial charge on any atom is 0.309 e. The highest BCUT2D eigenvalue weighted by Crippen LogP contribution is 2.25. The van der Waals surface area contributed by atoms with Crippen molar-refractivity contribution in [2.45, 2.75) is 6.42 Å². The standard InChI is InChI=1S/C9H7ClN2O2S/c10-8-5(4-7(13)14)11-9(12-8)6-2-1-3-15-6/h1-3H,4H2,(H,11,12)(H,13,14). The van der Waals surface area contributed by atoms with Gasteiger partial charge in [0.1, 0.15) is 5.82 Å². The van der Waals surface area contributed by atoms with Crippen LogP contribution in [0.3, 0.4) is 0 Å². The molecule has 0 bridgehead atoms. The van der Waals surface area contributed by atoms with Gasteiger partial charge in [0.25, 0.3) is 0 Å². The Labute approximate surface area is 94.5 Å². The fourth-order valence-electron chi connectivity index (χ4n) is 1.19. The summed E-state index contributed by atoms with van der Waals surface area (Å²) in [4.78, 5) is 18.4. The van der Waals surface area contributed by atoms with Gasteiger partial charge in [-0.1, -0.05) is 17.7 Å². The lowest BCUT2D eigenvalue weighted by Crippen LogP contribution is -2.00. The van der Waals surface area contributed by atoms with E-state index in [4.69, 9.17) is 16.7 Å². The molecular formula is C9H7ClN2O2S. The van der Waals surface area contributed by atoms with Crippen molar-refractivity contribution in [1.29, 1.82) is 0 Å². The first-order valence-electron chi connectivity index (χ1n) is 4.17. The molecule has 0 radical (unpaired) electrons. The molecule has 2 rings (SSSR count). The van der Waals surface area contributed by atoms with E-state index in [0.29, 0.717) is 11.5 Å². The van der Waals surface area contributed by atoms with Gasteiger partial charge in [0.2, 0.25) is 0 Å². The number of nitrogens with one attached hydrogen (secondary N) is 1. The Bertz CT molecular complexity index is 478. The quantitative estimate of drug-likeness (QED) is 0.869. The van der Waals surface area contributed by atoms with Gasteiger partial charge < -0.3 is 10.1 Å². The molecule has 0 aliphatic rings. The average Bonchev–Trinajstić information content (AvgIpc) is 2.75. The molecule has 0 spiro atoms. The number of thiophene rings is 1. The van der Waals surface area contributed by atoms with Crippen molar-refractivity contribution in [3.63, 3.8) is 0 Å². The molecule has 0 aliphatic heterocycles. The summed E-state index contributed by atoms with van der Waals surface area (Å²) in [6.07, 6.45) is -0.142. The zero-order valence-electron chi connectivity index (χ0n) is 7.53. The minimum Gasteiger partial charge on any atom is -0.481 e. The number of imidazole rings is 1. The van der Waals surface area contributed by atoms with Crippen molar-refractivity contribution in [2.75, 3.05) is 0 Å². The number of carboxylic acid groups (broad SMARTS) is 1. The van der Waals surface area contributed by atoms with Crippen LogP contribution in [0.15, 0.2) is 17.5 Å². The summed E-state index contributed by atoms with van der Waals surface area (Å²) in [7, 11) is 0. The van der Waals surface area contributed by atoms with E-state index in [2.05, 4.69) is 9.97 Å². The summed E-state index contributed by atoms with van der Waals surface area (Å²) >= 11 is 7.32. The SMILES string of the molecule is O=C(O)Cc1[nH]c(-c2cccs2)nc1Cl. The van der Waals surface area contributed by atoms with Crippen molar-refractivity contribution >= 4 is 28.9 Å². The second-order valence-electron chi connectivity index (χ2n) is 2.90. The molecule has 0 unspecified atom stereocenters. The Morgan fingerprint density at radius 2 is 2.47 bits per heavy atom. The third kappa shape index (κ3) is 2.19. The third-order valence-electron chi connectivity index (χ3n) is 1.81. The molecule has 0 saturated carbocycles. The van der Waals surface area contributed by atoms with Crippen molar-refractivity contribution in [3.05, 3.63) is 28.4 Å². The topological polar surface area (TPSA) is 66.0 Å². The molecule has 0 aliphatic carbocycles. The average molecular weight is 243 g/mol. The van der Waals surface area contributed by atoms with E-state index in [-0.39, 0.29) is 11.6 Å². The second kappa shape index (κ2) is 4.04. The monoisotopic (exact) mass is 242 g/mol. The summed E-state index contributed by atoms with van der Waals surface area (Å²) in [6, 6.07) is 3.79. The van der Waals surface area contributed by atoms with Gasteiger partial charge >= 0.3 is 5.97 Å². The summed E-state index contributed by atoms with van der Waals surface area (Å²) in [6.45, 7) is 0. The number of hydrogen-bond acceptors (Lipinski definition) is 3. The number of nitrogens with zero attached hydrogens (tertiary/aromatic N) is 1. The van der Waals surface area contributed by atoms with Crippen LogP contribution in [-0.4, -0.2) is 21.0 Å². The maximum absolute atomic E-state index is 10.5. The summed E-state index contributed by atoms with van der Waals surface area (Å²) in [5.41, 5.74) is 0.438. The van der Waals surface area contributed by atoms with Gasteiger partial charge in [-0.15, -0.1) is 11.3 Å². The molecule has 0 saturated heterocycles. The van der Waals surface area contributed by atoms with Crippen molar-refractivity contribution in [1.82, 2.24) is 9.97 Å². The lowest BCUT2D eigenvalue weighted by atomic mass is 10.3. The van der Waals surface area contributed by atoms with Gasteiger partial charge in [0.15, 0.2) is 5.15 Å². The molecule has 0 amide bonds. The number of carboxylic acids is 1. The molecule has 6 heteroatoms. The van der Waals surface area contributed by atoms with Gasteiger partial charge in [-0.05, 0) is 11.4 Å². The second-order valence-corrected chi connectivity index (χ2v) is 4.21. The molecule has 15 heavy (non-hydrogen) atoms. The lowest BCUT2D eigenvalue weighted by molar-refractivity contribution is -0.136. The number of aliphatic carboxylic acids is 1. The Morgan fingerprint density at radius 3 is 3.07 bits per heavy atom.